The second-order valence-corrected chi connectivity index (χ2v) is 3.86. The molecule has 0 aliphatic heterocycles. The summed E-state index contributed by atoms with van der Waals surface area (Å²) in [6, 6.07) is 4.05. The third-order valence-corrected chi connectivity index (χ3v) is 2.61. The van der Waals surface area contributed by atoms with Crippen LogP contribution in [0.4, 0.5) is 5.69 Å². The van der Waals surface area contributed by atoms with Crippen molar-refractivity contribution in [3.63, 3.8) is 0 Å². The number of aryl methyl sites for hydroxylation is 1. The van der Waals surface area contributed by atoms with E-state index in [1.165, 1.54) is 31.5 Å². The molecule has 19 heavy (non-hydrogen) atoms. The Labute approximate surface area is 108 Å². The highest BCUT2D eigenvalue weighted by atomic mass is 16.6. The quantitative estimate of drug-likeness (QED) is 0.518. The lowest BCUT2D eigenvalue weighted by molar-refractivity contribution is -0.384. The SMILES string of the molecule is COC(=O)c1ccc([N+](=O)[O-])c(-c2cnc(C)[nH]2)c1. The number of H-pyrrole nitrogens is 1. The maximum Gasteiger partial charge on any atom is 0.337 e. The number of rotatable bonds is 3. The smallest absolute Gasteiger partial charge is 0.337 e. The minimum atomic E-state index is -0.549. The molecule has 0 aliphatic rings. The predicted octanol–water partition coefficient (Wildman–Crippen LogP) is 2.08. The highest BCUT2D eigenvalue weighted by Gasteiger charge is 2.19. The average molecular weight is 261 g/mol. The number of imidazole rings is 1. The molecule has 98 valence electrons. The van der Waals surface area contributed by atoms with Crippen molar-refractivity contribution >= 4 is 11.7 Å². The van der Waals surface area contributed by atoms with Gasteiger partial charge in [0.15, 0.2) is 0 Å². The van der Waals surface area contributed by atoms with E-state index in [2.05, 4.69) is 14.7 Å². The van der Waals surface area contributed by atoms with Crippen molar-refractivity contribution in [1.29, 1.82) is 0 Å². The van der Waals surface area contributed by atoms with Gasteiger partial charge in [-0.05, 0) is 19.1 Å². The molecule has 7 heteroatoms. The van der Waals surface area contributed by atoms with Gasteiger partial charge in [-0.25, -0.2) is 9.78 Å². The Bertz CT molecular complexity index is 648. The maximum absolute atomic E-state index is 11.5. The van der Waals surface area contributed by atoms with Crippen LogP contribution in [0, 0.1) is 17.0 Å². The molecular weight excluding hydrogens is 250 g/mol. The van der Waals surface area contributed by atoms with Gasteiger partial charge in [0.1, 0.15) is 5.82 Å². The van der Waals surface area contributed by atoms with E-state index >= 15 is 0 Å². The van der Waals surface area contributed by atoms with Gasteiger partial charge in [0.2, 0.25) is 0 Å². The molecule has 0 radical (unpaired) electrons. The van der Waals surface area contributed by atoms with Crippen LogP contribution in [-0.2, 0) is 4.74 Å². The Kier molecular flexibility index (Phi) is 3.28. The number of methoxy groups -OCH3 is 1. The van der Waals surface area contributed by atoms with Crippen LogP contribution in [0.5, 0.6) is 0 Å². The molecule has 2 aromatic rings. The van der Waals surface area contributed by atoms with Crippen LogP contribution in [0.15, 0.2) is 24.4 Å². The van der Waals surface area contributed by atoms with Crippen molar-refractivity contribution in [2.24, 2.45) is 0 Å². The van der Waals surface area contributed by atoms with Crippen molar-refractivity contribution in [2.45, 2.75) is 6.92 Å². The maximum atomic E-state index is 11.5. The summed E-state index contributed by atoms with van der Waals surface area (Å²) in [4.78, 5) is 28.9. The van der Waals surface area contributed by atoms with Gasteiger partial charge < -0.3 is 9.72 Å². The number of carbonyl (C=O) groups is 1. The highest BCUT2D eigenvalue weighted by molar-refractivity contribution is 5.92. The second-order valence-electron chi connectivity index (χ2n) is 3.86. The zero-order valence-corrected chi connectivity index (χ0v) is 10.3. The predicted molar refractivity (Wildman–Crippen MR) is 66.8 cm³/mol. The van der Waals surface area contributed by atoms with E-state index in [0.29, 0.717) is 17.1 Å². The first-order valence-electron chi connectivity index (χ1n) is 5.41. The Morgan fingerprint density at radius 1 is 1.47 bits per heavy atom. The number of nitro groups is 1. The summed E-state index contributed by atoms with van der Waals surface area (Å²) in [6.45, 7) is 1.74. The molecule has 1 aromatic heterocycles. The van der Waals surface area contributed by atoms with Gasteiger partial charge in [-0.1, -0.05) is 0 Å². The fourth-order valence-corrected chi connectivity index (χ4v) is 1.71. The fraction of sp³-hybridized carbons (Fsp3) is 0.167. The van der Waals surface area contributed by atoms with Gasteiger partial charge in [-0.2, -0.15) is 0 Å². The number of carbonyl (C=O) groups excluding carboxylic acids is 1. The Hall–Kier alpha value is -2.70. The number of aromatic amines is 1. The van der Waals surface area contributed by atoms with Crippen LogP contribution in [0.25, 0.3) is 11.3 Å². The Balaban J connectivity index is 2.60. The first-order valence-corrected chi connectivity index (χ1v) is 5.41. The molecule has 0 atom stereocenters. The Morgan fingerprint density at radius 2 is 2.21 bits per heavy atom. The van der Waals surface area contributed by atoms with Gasteiger partial charge in [-0.15, -0.1) is 0 Å². The molecule has 7 nitrogen and oxygen atoms in total. The lowest BCUT2D eigenvalue weighted by Crippen LogP contribution is -2.02. The second kappa shape index (κ2) is 4.89. The normalized spacial score (nSPS) is 10.2. The molecule has 0 spiro atoms. The van der Waals surface area contributed by atoms with Crippen LogP contribution in [0.1, 0.15) is 16.2 Å². The first-order chi connectivity index (χ1) is 9.02. The van der Waals surface area contributed by atoms with E-state index in [1.807, 2.05) is 0 Å². The van der Waals surface area contributed by atoms with Crippen LogP contribution in [0.2, 0.25) is 0 Å². The lowest BCUT2D eigenvalue weighted by atomic mass is 10.1. The molecule has 0 unspecified atom stereocenters. The van der Waals surface area contributed by atoms with Crippen molar-refractivity contribution in [1.82, 2.24) is 9.97 Å². The van der Waals surface area contributed by atoms with Crippen molar-refractivity contribution in [3.05, 3.63) is 45.9 Å². The summed E-state index contributed by atoms with van der Waals surface area (Å²) in [5.74, 6) is 0.0835. The van der Waals surface area contributed by atoms with E-state index in [-0.39, 0.29) is 11.3 Å². The van der Waals surface area contributed by atoms with Gasteiger partial charge in [0.05, 0.1) is 35.1 Å². The van der Waals surface area contributed by atoms with E-state index in [0.717, 1.165) is 0 Å². The summed E-state index contributed by atoms with van der Waals surface area (Å²) in [5, 5.41) is 11.0. The third-order valence-electron chi connectivity index (χ3n) is 2.61. The number of ether oxygens (including phenoxy) is 1. The molecule has 1 N–H and O–H groups in total. The molecule has 0 saturated heterocycles. The summed E-state index contributed by atoms with van der Waals surface area (Å²) in [6.07, 6.45) is 1.48. The van der Waals surface area contributed by atoms with Crippen LogP contribution in [0.3, 0.4) is 0 Å². The average Bonchev–Trinajstić information content (AvgIpc) is 2.83. The summed E-state index contributed by atoms with van der Waals surface area (Å²) >= 11 is 0. The number of hydrogen-bond donors (Lipinski definition) is 1. The van der Waals surface area contributed by atoms with Crippen LogP contribution in [-0.4, -0.2) is 28.0 Å². The van der Waals surface area contributed by atoms with Crippen molar-refractivity contribution in [3.8, 4) is 11.3 Å². The topological polar surface area (TPSA) is 98.1 Å². The molecular formula is C12H11N3O4. The number of esters is 1. The molecule has 0 aliphatic carbocycles. The van der Waals surface area contributed by atoms with Crippen molar-refractivity contribution < 1.29 is 14.5 Å². The molecule has 0 amide bonds. The van der Waals surface area contributed by atoms with Gasteiger partial charge in [0.25, 0.3) is 5.69 Å². The number of benzene rings is 1. The molecule has 0 saturated carbocycles. The number of nitrogens with zero attached hydrogens (tertiary/aromatic N) is 2. The summed E-state index contributed by atoms with van der Waals surface area (Å²) in [7, 11) is 1.25. The zero-order valence-electron chi connectivity index (χ0n) is 10.3. The van der Waals surface area contributed by atoms with Crippen LogP contribution < -0.4 is 0 Å². The van der Waals surface area contributed by atoms with E-state index in [4.69, 9.17) is 0 Å². The number of nitrogens with one attached hydrogen (secondary N) is 1. The number of aromatic nitrogens is 2. The highest BCUT2D eigenvalue weighted by Crippen LogP contribution is 2.29. The Morgan fingerprint density at radius 3 is 2.74 bits per heavy atom. The minimum absolute atomic E-state index is 0.101. The summed E-state index contributed by atoms with van der Waals surface area (Å²) < 4.78 is 4.60. The van der Waals surface area contributed by atoms with Crippen molar-refractivity contribution in [2.75, 3.05) is 7.11 Å². The first kappa shape index (κ1) is 12.7. The zero-order chi connectivity index (χ0) is 14.0. The third kappa shape index (κ3) is 2.44. The minimum Gasteiger partial charge on any atom is -0.465 e. The largest absolute Gasteiger partial charge is 0.465 e. The lowest BCUT2D eigenvalue weighted by Gasteiger charge is -2.03. The van der Waals surface area contributed by atoms with Gasteiger partial charge in [-0.3, -0.25) is 10.1 Å². The standard InChI is InChI=1S/C12H11N3O4/c1-7-13-6-10(14-7)9-5-8(12(16)19-2)3-4-11(9)15(17)18/h3-6H,1-2H3,(H,13,14). The fourth-order valence-electron chi connectivity index (χ4n) is 1.71. The van der Waals surface area contributed by atoms with Gasteiger partial charge in [0, 0.05) is 6.07 Å². The summed E-state index contributed by atoms with van der Waals surface area (Å²) in [5.41, 5.74) is 0.926. The number of hydrogen-bond acceptors (Lipinski definition) is 5. The molecule has 1 aromatic carbocycles. The van der Waals surface area contributed by atoms with Gasteiger partial charge >= 0.3 is 5.97 Å². The van der Waals surface area contributed by atoms with E-state index < -0.39 is 10.9 Å². The number of nitro benzene ring substituents is 1. The molecule has 1 heterocycles. The van der Waals surface area contributed by atoms with Crippen LogP contribution >= 0.6 is 0 Å². The molecule has 2 rings (SSSR count). The molecule has 0 bridgehead atoms. The van der Waals surface area contributed by atoms with E-state index in [9.17, 15) is 14.9 Å². The molecule has 0 fully saturated rings. The monoisotopic (exact) mass is 261 g/mol. The van der Waals surface area contributed by atoms with E-state index in [1.54, 1.807) is 6.92 Å².